The summed E-state index contributed by atoms with van der Waals surface area (Å²) in [6.45, 7) is 10.4. The van der Waals surface area contributed by atoms with Gasteiger partial charge in [0.15, 0.2) is 11.5 Å². The second kappa shape index (κ2) is 6.70. The molecule has 3 aromatic rings. The summed E-state index contributed by atoms with van der Waals surface area (Å²) in [6, 6.07) is 5.38. The van der Waals surface area contributed by atoms with Gasteiger partial charge in [0.25, 0.3) is 5.91 Å². The zero-order valence-corrected chi connectivity index (χ0v) is 15.6. The lowest BCUT2D eigenvalue weighted by Crippen LogP contribution is -2.26. The average Bonchev–Trinajstić information content (AvgIpc) is 3.25. The Hall–Kier alpha value is -3.03. The number of carbonyl (C=O) groups is 1. The van der Waals surface area contributed by atoms with Gasteiger partial charge in [-0.2, -0.15) is 10.2 Å². The van der Waals surface area contributed by atoms with Crippen molar-refractivity contribution in [3.05, 3.63) is 48.4 Å². The molecule has 1 N–H and O–H groups in total. The topological polar surface area (TPSA) is 90.5 Å². The number of aromatic nitrogens is 6. The first kappa shape index (κ1) is 17.8. The molecule has 26 heavy (non-hydrogen) atoms. The first-order valence-corrected chi connectivity index (χ1v) is 8.48. The highest BCUT2D eigenvalue weighted by Crippen LogP contribution is 2.24. The van der Waals surface area contributed by atoms with Gasteiger partial charge in [-0.3, -0.25) is 9.48 Å². The lowest BCUT2D eigenvalue weighted by molar-refractivity contribution is 0.102. The van der Waals surface area contributed by atoms with Crippen molar-refractivity contribution in [3.8, 4) is 5.82 Å². The van der Waals surface area contributed by atoms with E-state index in [9.17, 15) is 4.79 Å². The molecule has 0 atom stereocenters. The molecular formula is C18H23N7O. The summed E-state index contributed by atoms with van der Waals surface area (Å²) in [7, 11) is 0. The zero-order chi connectivity index (χ0) is 18.9. The molecule has 0 bridgehead atoms. The van der Waals surface area contributed by atoms with Crippen LogP contribution >= 0.6 is 0 Å². The van der Waals surface area contributed by atoms with Gasteiger partial charge in [0, 0.05) is 5.69 Å². The minimum absolute atomic E-state index is 0.195. The Morgan fingerprint density at radius 1 is 1.23 bits per heavy atom. The second-order valence-corrected chi connectivity index (χ2v) is 7.39. The van der Waals surface area contributed by atoms with Crippen molar-refractivity contribution in [3.63, 3.8) is 0 Å². The molecular weight excluding hydrogens is 330 g/mol. The molecule has 8 nitrogen and oxygen atoms in total. The molecule has 0 saturated heterocycles. The van der Waals surface area contributed by atoms with Crippen LogP contribution in [-0.2, 0) is 5.54 Å². The molecule has 3 aromatic heterocycles. The van der Waals surface area contributed by atoms with Gasteiger partial charge in [-0.15, -0.1) is 0 Å². The highest BCUT2D eigenvalue weighted by Gasteiger charge is 2.23. The summed E-state index contributed by atoms with van der Waals surface area (Å²) in [5.74, 6) is 0.636. The third kappa shape index (κ3) is 3.63. The molecule has 1 amide bonds. The average molecular weight is 353 g/mol. The van der Waals surface area contributed by atoms with E-state index in [-0.39, 0.29) is 17.4 Å². The lowest BCUT2D eigenvalue weighted by Gasteiger charge is -2.23. The largest absolute Gasteiger partial charge is 0.319 e. The summed E-state index contributed by atoms with van der Waals surface area (Å²) in [6.07, 6.45) is 4.58. The van der Waals surface area contributed by atoms with E-state index < -0.39 is 0 Å². The SMILES string of the molecule is CC(C)c1cc(C(=O)Nc2ccc(-n3cncn3)nc2)nn1C(C)(C)C. The van der Waals surface area contributed by atoms with E-state index in [0.717, 1.165) is 5.69 Å². The Morgan fingerprint density at radius 2 is 2.00 bits per heavy atom. The maximum atomic E-state index is 12.6. The van der Waals surface area contributed by atoms with Crippen LogP contribution in [0.2, 0.25) is 0 Å². The van der Waals surface area contributed by atoms with Crippen LogP contribution in [0.5, 0.6) is 0 Å². The molecule has 0 aliphatic heterocycles. The quantitative estimate of drug-likeness (QED) is 0.778. The van der Waals surface area contributed by atoms with Gasteiger partial charge >= 0.3 is 0 Å². The summed E-state index contributed by atoms with van der Waals surface area (Å²) >= 11 is 0. The number of rotatable bonds is 4. The first-order chi connectivity index (χ1) is 12.3. The molecule has 8 heteroatoms. The molecule has 0 aliphatic carbocycles. The van der Waals surface area contributed by atoms with E-state index in [0.29, 0.717) is 17.2 Å². The molecule has 136 valence electrons. The summed E-state index contributed by atoms with van der Waals surface area (Å²) in [5, 5.41) is 11.4. The van der Waals surface area contributed by atoms with Gasteiger partial charge in [-0.1, -0.05) is 13.8 Å². The molecule has 0 unspecified atom stereocenters. The van der Waals surface area contributed by atoms with Crippen LogP contribution in [-0.4, -0.2) is 35.4 Å². The summed E-state index contributed by atoms with van der Waals surface area (Å²) in [4.78, 5) is 20.8. The lowest BCUT2D eigenvalue weighted by atomic mass is 10.1. The standard InChI is InChI=1S/C18H23N7O/c1-12(2)15-8-14(23-25(15)18(3,4)5)17(26)22-13-6-7-16(20-9-13)24-11-19-10-21-24/h6-12H,1-5H3,(H,22,26). The number of carbonyl (C=O) groups excluding carboxylic acids is 1. The molecule has 0 saturated carbocycles. The van der Waals surface area contributed by atoms with Crippen LogP contribution in [0.3, 0.4) is 0 Å². The number of nitrogens with zero attached hydrogens (tertiary/aromatic N) is 6. The molecule has 0 aliphatic rings. The Balaban J connectivity index is 1.80. The fourth-order valence-electron chi connectivity index (χ4n) is 2.57. The van der Waals surface area contributed by atoms with E-state index in [4.69, 9.17) is 0 Å². The predicted molar refractivity (Wildman–Crippen MR) is 98.4 cm³/mol. The molecule has 3 heterocycles. The molecule has 0 aromatic carbocycles. The Bertz CT molecular complexity index is 887. The van der Waals surface area contributed by atoms with E-state index in [1.54, 1.807) is 29.3 Å². The second-order valence-electron chi connectivity index (χ2n) is 7.39. The first-order valence-electron chi connectivity index (χ1n) is 8.48. The smallest absolute Gasteiger partial charge is 0.276 e. The van der Waals surface area contributed by atoms with Crippen LogP contribution in [0, 0.1) is 0 Å². The fourth-order valence-corrected chi connectivity index (χ4v) is 2.57. The van der Waals surface area contributed by atoms with Gasteiger partial charge < -0.3 is 5.32 Å². The molecule has 0 spiro atoms. The normalized spacial score (nSPS) is 11.8. The zero-order valence-electron chi connectivity index (χ0n) is 15.6. The third-order valence-corrected chi connectivity index (χ3v) is 3.86. The predicted octanol–water partition coefficient (Wildman–Crippen LogP) is 2.99. The number of anilines is 1. The van der Waals surface area contributed by atoms with Crippen molar-refractivity contribution < 1.29 is 4.79 Å². The molecule has 0 radical (unpaired) electrons. The maximum Gasteiger partial charge on any atom is 0.276 e. The van der Waals surface area contributed by atoms with E-state index >= 15 is 0 Å². The number of hydrogen-bond acceptors (Lipinski definition) is 5. The van der Waals surface area contributed by atoms with Gasteiger partial charge in [0.05, 0.1) is 17.4 Å². The Kier molecular flexibility index (Phi) is 4.58. The van der Waals surface area contributed by atoms with Crippen molar-refractivity contribution in [2.24, 2.45) is 0 Å². The van der Waals surface area contributed by atoms with Crippen molar-refractivity contribution in [2.75, 3.05) is 5.32 Å². The Morgan fingerprint density at radius 3 is 2.50 bits per heavy atom. The van der Waals surface area contributed by atoms with Gasteiger partial charge in [-0.05, 0) is 44.9 Å². The van der Waals surface area contributed by atoms with Crippen LogP contribution < -0.4 is 5.32 Å². The minimum Gasteiger partial charge on any atom is -0.319 e. The number of amides is 1. The van der Waals surface area contributed by atoms with Gasteiger partial charge in [-0.25, -0.2) is 14.6 Å². The monoisotopic (exact) mass is 353 g/mol. The van der Waals surface area contributed by atoms with E-state index in [2.05, 4.69) is 60.1 Å². The minimum atomic E-state index is -0.259. The van der Waals surface area contributed by atoms with Gasteiger partial charge in [0.2, 0.25) is 0 Å². The highest BCUT2D eigenvalue weighted by atomic mass is 16.2. The summed E-state index contributed by atoms with van der Waals surface area (Å²) in [5.41, 5.74) is 1.82. The van der Waals surface area contributed by atoms with Crippen LogP contribution in [0.25, 0.3) is 5.82 Å². The van der Waals surface area contributed by atoms with Crippen molar-refractivity contribution in [1.82, 2.24) is 29.5 Å². The number of pyridine rings is 1. The van der Waals surface area contributed by atoms with Crippen molar-refractivity contribution >= 4 is 11.6 Å². The molecule has 0 fully saturated rings. The van der Waals surface area contributed by atoms with Crippen LogP contribution in [0.4, 0.5) is 5.69 Å². The van der Waals surface area contributed by atoms with Crippen molar-refractivity contribution in [2.45, 2.75) is 46.1 Å². The van der Waals surface area contributed by atoms with E-state index in [1.807, 2.05) is 10.7 Å². The number of nitrogens with one attached hydrogen (secondary N) is 1. The highest BCUT2D eigenvalue weighted by molar-refractivity contribution is 6.02. The van der Waals surface area contributed by atoms with Crippen molar-refractivity contribution in [1.29, 1.82) is 0 Å². The van der Waals surface area contributed by atoms with E-state index in [1.165, 1.54) is 6.33 Å². The van der Waals surface area contributed by atoms with Crippen LogP contribution in [0.1, 0.15) is 56.7 Å². The summed E-state index contributed by atoms with van der Waals surface area (Å²) < 4.78 is 3.46. The fraction of sp³-hybridized carbons (Fsp3) is 0.389. The van der Waals surface area contributed by atoms with Crippen LogP contribution in [0.15, 0.2) is 37.1 Å². The third-order valence-electron chi connectivity index (χ3n) is 3.86. The Labute approximate surface area is 152 Å². The maximum absolute atomic E-state index is 12.6. The van der Waals surface area contributed by atoms with Gasteiger partial charge in [0.1, 0.15) is 12.7 Å². The number of hydrogen-bond donors (Lipinski definition) is 1. The molecule has 3 rings (SSSR count).